The second-order valence-corrected chi connectivity index (χ2v) is 6.89. The fraction of sp³-hybridized carbons (Fsp3) is 0.214. The Labute approximate surface area is 145 Å². The molecule has 1 amide bonds. The molecule has 3 N–H and O–H groups in total. The highest BCUT2D eigenvalue weighted by molar-refractivity contribution is 7.99. The van der Waals surface area contributed by atoms with Crippen molar-refractivity contribution >= 4 is 50.3 Å². The van der Waals surface area contributed by atoms with E-state index in [1.54, 1.807) is 0 Å². The summed E-state index contributed by atoms with van der Waals surface area (Å²) in [5.41, 5.74) is 7.71. The molecule has 2 heterocycles. The molecule has 8 nitrogen and oxygen atoms in total. The maximum atomic E-state index is 12.3. The monoisotopic (exact) mass is 359 g/mol. The van der Waals surface area contributed by atoms with Crippen LogP contribution in [0.5, 0.6) is 0 Å². The van der Waals surface area contributed by atoms with Crippen molar-refractivity contribution in [3.8, 4) is 6.07 Å². The van der Waals surface area contributed by atoms with E-state index in [9.17, 15) is 4.79 Å². The SMILES string of the molecule is Cc1ccc2nc(NC(=O)Cn3c(N)nnc3SCC#N)sc2c1. The molecule has 3 rings (SSSR count). The minimum atomic E-state index is -0.281. The van der Waals surface area contributed by atoms with Gasteiger partial charge in [-0.2, -0.15) is 5.26 Å². The van der Waals surface area contributed by atoms with Crippen LogP contribution >= 0.6 is 23.1 Å². The van der Waals surface area contributed by atoms with E-state index in [0.717, 1.165) is 15.8 Å². The highest BCUT2D eigenvalue weighted by atomic mass is 32.2. The van der Waals surface area contributed by atoms with Crippen molar-refractivity contribution in [2.45, 2.75) is 18.6 Å². The van der Waals surface area contributed by atoms with Crippen molar-refractivity contribution in [1.29, 1.82) is 5.26 Å². The number of aryl methyl sites for hydroxylation is 1. The minimum Gasteiger partial charge on any atom is -0.368 e. The van der Waals surface area contributed by atoms with Crippen molar-refractivity contribution in [3.63, 3.8) is 0 Å². The largest absolute Gasteiger partial charge is 0.368 e. The van der Waals surface area contributed by atoms with E-state index in [0.29, 0.717) is 10.3 Å². The predicted octanol–water partition coefficient (Wildman–Crippen LogP) is 2.03. The molecular formula is C14H13N7OS2. The third-order valence-electron chi connectivity index (χ3n) is 3.10. The number of nitriles is 1. The van der Waals surface area contributed by atoms with Gasteiger partial charge in [0.05, 0.1) is 22.0 Å². The number of aromatic nitrogens is 4. The first-order chi connectivity index (χ1) is 11.6. The third-order valence-corrected chi connectivity index (χ3v) is 4.87. The summed E-state index contributed by atoms with van der Waals surface area (Å²) in [7, 11) is 0. The molecular weight excluding hydrogens is 346 g/mol. The van der Waals surface area contributed by atoms with Crippen LogP contribution < -0.4 is 11.1 Å². The molecule has 0 aliphatic heterocycles. The van der Waals surface area contributed by atoms with Gasteiger partial charge in [0.25, 0.3) is 0 Å². The quantitative estimate of drug-likeness (QED) is 0.668. The van der Waals surface area contributed by atoms with Gasteiger partial charge in [-0.3, -0.25) is 9.36 Å². The van der Waals surface area contributed by atoms with Gasteiger partial charge in [-0.1, -0.05) is 29.2 Å². The first-order valence-electron chi connectivity index (χ1n) is 6.92. The Bertz CT molecular complexity index is 940. The standard InChI is InChI=1S/C14H13N7OS2/c1-8-2-3-9-10(6-8)24-13(17-9)18-11(22)7-21-12(16)19-20-14(21)23-5-4-15/h2-3,6H,5,7H2,1H3,(H2,16,19)(H,17,18,22). The van der Waals surface area contributed by atoms with Crippen molar-refractivity contribution in [3.05, 3.63) is 23.8 Å². The third kappa shape index (κ3) is 3.47. The first kappa shape index (κ1) is 16.2. The lowest BCUT2D eigenvalue weighted by Crippen LogP contribution is -2.20. The molecule has 24 heavy (non-hydrogen) atoms. The maximum absolute atomic E-state index is 12.3. The number of rotatable bonds is 5. The van der Waals surface area contributed by atoms with Crippen LogP contribution in [0.3, 0.4) is 0 Å². The van der Waals surface area contributed by atoms with Gasteiger partial charge in [0, 0.05) is 0 Å². The van der Waals surface area contributed by atoms with Crippen molar-refractivity contribution in [2.24, 2.45) is 0 Å². The van der Waals surface area contributed by atoms with Gasteiger partial charge in [-0.15, -0.1) is 10.2 Å². The Hall–Kier alpha value is -2.64. The predicted molar refractivity (Wildman–Crippen MR) is 93.8 cm³/mol. The van der Waals surface area contributed by atoms with Crippen LogP contribution in [0.2, 0.25) is 0 Å². The number of carbonyl (C=O) groups is 1. The number of fused-ring (bicyclic) bond motifs is 1. The van der Waals surface area contributed by atoms with Gasteiger partial charge in [-0.05, 0) is 24.6 Å². The number of hydrogen-bond donors (Lipinski definition) is 2. The molecule has 3 aromatic rings. The zero-order valence-corrected chi connectivity index (χ0v) is 14.3. The normalized spacial score (nSPS) is 10.7. The summed E-state index contributed by atoms with van der Waals surface area (Å²) in [6, 6.07) is 7.92. The number of nitrogens with zero attached hydrogens (tertiary/aromatic N) is 5. The second-order valence-electron chi connectivity index (χ2n) is 4.91. The van der Waals surface area contributed by atoms with Crippen LogP contribution in [-0.2, 0) is 11.3 Å². The molecule has 0 aliphatic rings. The molecule has 0 aliphatic carbocycles. The van der Waals surface area contributed by atoms with Gasteiger partial charge in [0.2, 0.25) is 11.9 Å². The molecule has 1 aromatic carbocycles. The number of nitrogens with one attached hydrogen (secondary N) is 1. The number of nitrogens with two attached hydrogens (primary N) is 1. The van der Waals surface area contributed by atoms with E-state index in [4.69, 9.17) is 11.0 Å². The Morgan fingerprint density at radius 1 is 1.50 bits per heavy atom. The first-order valence-corrected chi connectivity index (χ1v) is 8.72. The van der Waals surface area contributed by atoms with Crippen LogP contribution in [0.4, 0.5) is 11.1 Å². The van der Waals surface area contributed by atoms with E-state index in [2.05, 4.69) is 20.5 Å². The van der Waals surface area contributed by atoms with Gasteiger partial charge in [0.1, 0.15) is 6.54 Å². The molecule has 0 fully saturated rings. The van der Waals surface area contributed by atoms with Crippen molar-refractivity contribution in [1.82, 2.24) is 19.7 Å². The maximum Gasteiger partial charge on any atom is 0.246 e. The van der Waals surface area contributed by atoms with Gasteiger partial charge >= 0.3 is 0 Å². The second kappa shape index (κ2) is 6.86. The molecule has 0 saturated carbocycles. The zero-order valence-electron chi connectivity index (χ0n) is 12.7. The number of anilines is 2. The Balaban J connectivity index is 1.73. The highest BCUT2D eigenvalue weighted by Crippen LogP contribution is 2.26. The van der Waals surface area contributed by atoms with Crippen molar-refractivity contribution < 1.29 is 4.79 Å². The molecule has 2 aromatic heterocycles. The molecule has 0 atom stereocenters. The average Bonchev–Trinajstić information content (AvgIpc) is 3.09. The van der Waals surface area contributed by atoms with E-state index in [1.165, 1.54) is 27.7 Å². The van der Waals surface area contributed by atoms with Crippen LogP contribution in [0.15, 0.2) is 23.4 Å². The van der Waals surface area contributed by atoms with Crippen molar-refractivity contribution in [2.75, 3.05) is 16.8 Å². The zero-order chi connectivity index (χ0) is 17.1. The number of hydrogen-bond acceptors (Lipinski definition) is 8. The molecule has 0 spiro atoms. The lowest BCUT2D eigenvalue weighted by molar-refractivity contribution is -0.116. The summed E-state index contributed by atoms with van der Waals surface area (Å²) in [4.78, 5) is 16.6. The van der Waals surface area contributed by atoms with Crippen LogP contribution in [0.25, 0.3) is 10.2 Å². The molecule has 10 heteroatoms. The number of nitrogen functional groups attached to an aromatic ring is 1. The summed E-state index contributed by atoms with van der Waals surface area (Å²) in [6.07, 6.45) is 0. The number of thiazole rings is 1. The molecule has 0 bridgehead atoms. The molecule has 0 radical (unpaired) electrons. The number of benzene rings is 1. The fourth-order valence-electron chi connectivity index (χ4n) is 2.04. The van der Waals surface area contributed by atoms with Gasteiger partial charge < -0.3 is 11.1 Å². The van der Waals surface area contributed by atoms with E-state index >= 15 is 0 Å². The lowest BCUT2D eigenvalue weighted by atomic mass is 10.2. The van der Waals surface area contributed by atoms with Gasteiger partial charge in [0.15, 0.2) is 10.3 Å². The topological polar surface area (TPSA) is 123 Å². The minimum absolute atomic E-state index is 0.0401. The highest BCUT2D eigenvalue weighted by Gasteiger charge is 2.15. The summed E-state index contributed by atoms with van der Waals surface area (Å²) in [5, 5.41) is 20.0. The molecule has 0 unspecified atom stereocenters. The van der Waals surface area contributed by atoms with Gasteiger partial charge in [-0.25, -0.2) is 4.98 Å². The Kier molecular flexibility index (Phi) is 4.64. The van der Waals surface area contributed by atoms with Crippen LogP contribution in [0.1, 0.15) is 5.56 Å². The molecule has 0 saturated heterocycles. The number of carbonyl (C=O) groups excluding carboxylic acids is 1. The van der Waals surface area contributed by atoms with E-state index < -0.39 is 0 Å². The fourth-order valence-corrected chi connectivity index (χ4v) is 3.63. The van der Waals surface area contributed by atoms with Crippen LogP contribution in [-0.4, -0.2) is 31.4 Å². The van der Waals surface area contributed by atoms with Crippen LogP contribution in [0, 0.1) is 18.3 Å². The smallest absolute Gasteiger partial charge is 0.246 e. The number of thioether (sulfide) groups is 1. The Morgan fingerprint density at radius 3 is 3.12 bits per heavy atom. The lowest BCUT2D eigenvalue weighted by Gasteiger charge is -2.06. The number of amides is 1. The molecule has 122 valence electrons. The summed E-state index contributed by atoms with van der Waals surface area (Å²) in [5.74, 6) is 0.0540. The summed E-state index contributed by atoms with van der Waals surface area (Å²) >= 11 is 2.59. The van der Waals surface area contributed by atoms with E-state index in [1.807, 2.05) is 31.2 Å². The average molecular weight is 359 g/mol. The van der Waals surface area contributed by atoms with E-state index in [-0.39, 0.29) is 24.2 Å². The Morgan fingerprint density at radius 2 is 2.33 bits per heavy atom. The summed E-state index contributed by atoms with van der Waals surface area (Å²) < 4.78 is 2.48. The summed E-state index contributed by atoms with van der Waals surface area (Å²) in [6.45, 7) is 1.97.